The van der Waals surface area contributed by atoms with E-state index in [9.17, 15) is 18.0 Å². The number of piperidine rings is 1. The van der Waals surface area contributed by atoms with Gasteiger partial charge < -0.3 is 10.1 Å². The molecule has 2 rings (SSSR count). The fourth-order valence-electron chi connectivity index (χ4n) is 2.94. The monoisotopic (exact) mass is 382 g/mol. The Morgan fingerprint density at radius 2 is 1.73 bits per heavy atom. The van der Waals surface area contributed by atoms with E-state index < -0.39 is 16.0 Å². The maximum atomic E-state index is 13.0. The molecule has 1 heterocycles. The smallest absolute Gasteiger partial charge is 0.339 e. The second kappa shape index (κ2) is 7.75. The van der Waals surface area contributed by atoms with Crippen LogP contribution >= 0.6 is 0 Å². The molecule has 0 saturated carbocycles. The van der Waals surface area contributed by atoms with Gasteiger partial charge in [-0.2, -0.15) is 4.31 Å². The second-order valence-electron chi connectivity index (χ2n) is 7.41. The minimum Gasteiger partial charge on any atom is -0.465 e. The van der Waals surface area contributed by atoms with Crippen LogP contribution in [-0.4, -0.2) is 50.3 Å². The molecule has 0 aliphatic carbocycles. The van der Waals surface area contributed by atoms with Crippen molar-refractivity contribution >= 4 is 21.9 Å². The average molecular weight is 382 g/mol. The van der Waals surface area contributed by atoms with E-state index >= 15 is 0 Å². The van der Waals surface area contributed by atoms with Crippen molar-refractivity contribution in [3.05, 3.63) is 29.8 Å². The number of rotatable bonds is 4. The van der Waals surface area contributed by atoms with E-state index in [1.54, 1.807) is 12.1 Å². The number of carbonyl (C=O) groups excluding carboxylic acids is 2. The highest BCUT2D eigenvalue weighted by atomic mass is 32.2. The van der Waals surface area contributed by atoms with Crippen LogP contribution in [-0.2, 0) is 19.6 Å². The van der Waals surface area contributed by atoms with E-state index in [1.165, 1.54) is 23.5 Å². The molecule has 0 bridgehead atoms. The SMILES string of the molecule is COC(=O)c1ccccc1S(=O)(=O)N1CCC(C(=O)NC(C)(C)C)CC1. The lowest BCUT2D eigenvalue weighted by molar-refractivity contribution is -0.127. The average Bonchev–Trinajstić information content (AvgIpc) is 2.59. The highest BCUT2D eigenvalue weighted by Gasteiger charge is 2.34. The highest BCUT2D eigenvalue weighted by Crippen LogP contribution is 2.26. The molecule has 1 saturated heterocycles. The lowest BCUT2D eigenvalue weighted by atomic mass is 9.96. The second-order valence-corrected chi connectivity index (χ2v) is 9.31. The number of benzene rings is 1. The minimum atomic E-state index is -3.83. The molecular weight excluding hydrogens is 356 g/mol. The maximum Gasteiger partial charge on any atom is 0.339 e. The summed E-state index contributed by atoms with van der Waals surface area (Å²) in [6.45, 7) is 6.21. The van der Waals surface area contributed by atoms with Crippen LogP contribution in [0, 0.1) is 5.92 Å². The lowest BCUT2D eigenvalue weighted by Gasteiger charge is -2.32. The third-order valence-electron chi connectivity index (χ3n) is 4.23. The Kier molecular flexibility index (Phi) is 6.08. The summed E-state index contributed by atoms with van der Waals surface area (Å²) in [6.07, 6.45) is 0.892. The third-order valence-corrected chi connectivity index (χ3v) is 6.19. The molecule has 8 heteroatoms. The maximum absolute atomic E-state index is 13.0. The van der Waals surface area contributed by atoms with Crippen molar-refractivity contribution < 1.29 is 22.7 Å². The number of esters is 1. The number of nitrogens with zero attached hydrogens (tertiary/aromatic N) is 1. The summed E-state index contributed by atoms with van der Waals surface area (Å²) in [7, 11) is -2.62. The van der Waals surface area contributed by atoms with E-state index in [4.69, 9.17) is 0 Å². The summed E-state index contributed by atoms with van der Waals surface area (Å²) in [5.41, 5.74) is -0.303. The van der Waals surface area contributed by atoms with Crippen molar-refractivity contribution in [3.63, 3.8) is 0 Å². The molecule has 1 aliphatic heterocycles. The fourth-order valence-corrected chi connectivity index (χ4v) is 4.59. The predicted molar refractivity (Wildman–Crippen MR) is 97.2 cm³/mol. The van der Waals surface area contributed by atoms with E-state index in [0.717, 1.165) is 0 Å². The normalized spacial score (nSPS) is 16.9. The zero-order chi connectivity index (χ0) is 19.5. The number of hydrogen-bond donors (Lipinski definition) is 1. The number of amides is 1. The molecule has 0 unspecified atom stereocenters. The molecule has 0 radical (unpaired) electrons. The first kappa shape index (κ1) is 20.4. The summed E-state index contributed by atoms with van der Waals surface area (Å²) in [6, 6.07) is 6.00. The van der Waals surface area contributed by atoms with Gasteiger partial charge in [-0.3, -0.25) is 4.79 Å². The topological polar surface area (TPSA) is 92.8 Å². The Labute approximate surface area is 154 Å². The summed E-state index contributed by atoms with van der Waals surface area (Å²) in [5, 5.41) is 2.94. The van der Waals surface area contributed by atoms with Gasteiger partial charge in [-0.25, -0.2) is 13.2 Å². The first-order chi connectivity index (χ1) is 12.1. The Hall–Kier alpha value is -1.93. The van der Waals surface area contributed by atoms with Crippen molar-refractivity contribution in [1.29, 1.82) is 0 Å². The van der Waals surface area contributed by atoms with Crippen LogP contribution in [0.2, 0.25) is 0 Å². The van der Waals surface area contributed by atoms with E-state index in [0.29, 0.717) is 12.8 Å². The zero-order valence-electron chi connectivity index (χ0n) is 15.6. The van der Waals surface area contributed by atoms with E-state index in [1.807, 2.05) is 20.8 Å². The quantitative estimate of drug-likeness (QED) is 0.802. The van der Waals surface area contributed by atoms with E-state index in [2.05, 4.69) is 10.1 Å². The standard InChI is InChI=1S/C18H26N2O5S/c1-18(2,3)19-16(21)13-9-11-20(12-10-13)26(23,24)15-8-6-5-7-14(15)17(22)25-4/h5-8,13H,9-12H2,1-4H3,(H,19,21). The van der Waals surface area contributed by atoms with Crippen molar-refractivity contribution in [2.24, 2.45) is 5.92 Å². The van der Waals surface area contributed by atoms with E-state index in [-0.39, 0.29) is 40.9 Å². The summed E-state index contributed by atoms with van der Waals surface area (Å²) in [5.74, 6) is -0.954. The molecule has 1 aromatic rings. The lowest BCUT2D eigenvalue weighted by Crippen LogP contribution is -2.47. The molecule has 7 nitrogen and oxygen atoms in total. The largest absolute Gasteiger partial charge is 0.465 e. The van der Waals surface area contributed by atoms with Crippen LogP contribution in [0.4, 0.5) is 0 Å². The van der Waals surface area contributed by atoms with Crippen molar-refractivity contribution in [3.8, 4) is 0 Å². The van der Waals surface area contributed by atoms with Crippen LogP contribution in [0.15, 0.2) is 29.2 Å². The van der Waals surface area contributed by atoms with Crippen LogP contribution in [0.25, 0.3) is 0 Å². The summed E-state index contributed by atoms with van der Waals surface area (Å²) in [4.78, 5) is 24.1. The van der Waals surface area contributed by atoms with Crippen molar-refractivity contribution in [2.45, 2.75) is 44.0 Å². The Bertz CT molecular complexity index is 775. The number of nitrogens with one attached hydrogen (secondary N) is 1. The predicted octanol–water partition coefficient (Wildman–Crippen LogP) is 1.79. The third kappa shape index (κ3) is 4.62. The van der Waals surface area contributed by atoms with Crippen molar-refractivity contribution in [1.82, 2.24) is 9.62 Å². The van der Waals surface area contributed by atoms with Gasteiger partial charge in [0.05, 0.1) is 17.6 Å². The molecule has 0 aromatic heterocycles. The van der Waals surface area contributed by atoms with Gasteiger partial charge in [-0.1, -0.05) is 12.1 Å². The van der Waals surface area contributed by atoms with Crippen LogP contribution in [0.1, 0.15) is 44.0 Å². The molecule has 1 amide bonds. The number of hydrogen-bond acceptors (Lipinski definition) is 5. The number of methoxy groups -OCH3 is 1. The molecule has 144 valence electrons. The molecule has 1 fully saturated rings. The van der Waals surface area contributed by atoms with Gasteiger partial charge in [0.1, 0.15) is 0 Å². The molecule has 0 atom stereocenters. The molecular formula is C18H26N2O5S. The van der Waals surface area contributed by atoms with Gasteiger partial charge >= 0.3 is 5.97 Å². The first-order valence-electron chi connectivity index (χ1n) is 8.56. The van der Waals surface area contributed by atoms with Gasteiger partial charge in [-0.15, -0.1) is 0 Å². The van der Waals surface area contributed by atoms with Crippen LogP contribution in [0.5, 0.6) is 0 Å². The van der Waals surface area contributed by atoms with Crippen LogP contribution < -0.4 is 5.32 Å². The number of ether oxygens (including phenoxy) is 1. The molecule has 0 spiro atoms. The fraction of sp³-hybridized carbons (Fsp3) is 0.556. The zero-order valence-corrected chi connectivity index (χ0v) is 16.4. The van der Waals surface area contributed by atoms with Gasteiger partial charge in [0.25, 0.3) is 0 Å². The van der Waals surface area contributed by atoms with Gasteiger partial charge in [0.15, 0.2) is 0 Å². The first-order valence-corrected chi connectivity index (χ1v) is 10.00. The molecule has 26 heavy (non-hydrogen) atoms. The molecule has 1 N–H and O–H groups in total. The number of carbonyl (C=O) groups is 2. The summed E-state index contributed by atoms with van der Waals surface area (Å²) >= 11 is 0. The highest BCUT2D eigenvalue weighted by molar-refractivity contribution is 7.89. The van der Waals surface area contributed by atoms with Crippen molar-refractivity contribution in [2.75, 3.05) is 20.2 Å². The van der Waals surface area contributed by atoms with Gasteiger partial charge in [-0.05, 0) is 45.7 Å². The number of sulfonamides is 1. The Balaban J connectivity index is 2.14. The van der Waals surface area contributed by atoms with Gasteiger partial charge in [0, 0.05) is 24.5 Å². The molecule has 1 aromatic carbocycles. The van der Waals surface area contributed by atoms with Gasteiger partial charge in [0.2, 0.25) is 15.9 Å². The minimum absolute atomic E-state index is 0.0163. The Morgan fingerprint density at radius 1 is 1.15 bits per heavy atom. The molecule has 1 aliphatic rings. The Morgan fingerprint density at radius 3 is 2.27 bits per heavy atom. The van der Waals surface area contributed by atoms with Crippen LogP contribution in [0.3, 0.4) is 0 Å². The summed E-state index contributed by atoms with van der Waals surface area (Å²) < 4.78 is 31.9.